The molecule has 4 heteroatoms. The van der Waals surface area contributed by atoms with Gasteiger partial charge in [0.05, 0.1) is 11.4 Å². The first kappa shape index (κ1) is 8.80. The first-order valence-corrected chi connectivity index (χ1v) is 4.32. The number of rotatable bonds is 2. The van der Waals surface area contributed by atoms with Crippen LogP contribution in [-0.2, 0) is 0 Å². The molecule has 2 aromatic carbocycles. The molecule has 4 nitrogen and oxygen atoms in total. The van der Waals surface area contributed by atoms with E-state index in [9.17, 15) is 0 Å². The monoisotopic (exact) mass is 188 g/mol. The molecule has 6 N–H and O–H groups in total. The molecule has 0 unspecified atom stereocenters. The molecule has 0 aromatic heterocycles. The van der Waals surface area contributed by atoms with Crippen molar-refractivity contribution in [1.29, 1.82) is 0 Å². The predicted molar refractivity (Wildman–Crippen MR) is 59.6 cm³/mol. The van der Waals surface area contributed by atoms with Crippen LogP contribution in [-0.4, -0.2) is 0 Å². The molecule has 2 aromatic rings. The van der Waals surface area contributed by atoms with Gasteiger partial charge < -0.3 is 10.9 Å². The van der Waals surface area contributed by atoms with Crippen LogP contribution >= 0.6 is 0 Å². The number of nitrogens with one attached hydrogen (secondary N) is 2. The van der Waals surface area contributed by atoms with Gasteiger partial charge in [0.2, 0.25) is 0 Å². The van der Waals surface area contributed by atoms with Crippen molar-refractivity contribution < 1.29 is 0 Å². The average Bonchev–Trinajstić information content (AvgIpc) is 2.27. The van der Waals surface area contributed by atoms with Crippen molar-refractivity contribution in [2.24, 2.45) is 11.7 Å². The van der Waals surface area contributed by atoms with E-state index in [-0.39, 0.29) is 0 Å². The molecule has 72 valence electrons. The van der Waals surface area contributed by atoms with Crippen molar-refractivity contribution in [2.45, 2.75) is 0 Å². The highest BCUT2D eigenvalue weighted by Gasteiger charge is 2.03. The van der Waals surface area contributed by atoms with Crippen LogP contribution in [0.1, 0.15) is 0 Å². The van der Waals surface area contributed by atoms with Crippen molar-refractivity contribution in [2.75, 3.05) is 10.9 Å². The van der Waals surface area contributed by atoms with Crippen molar-refractivity contribution in [3.8, 4) is 0 Å². The normalized spacial score (nSPS) is 10.1. The number of nitrogen functional groups attached to an aromatic ring is 2. The molecule has 0 spiro atoms. The van der Waals surface area contributed by atoms with Gasteiger partial charge in [0.25, 0.3) is 0 Å². The number of benzene rings is 2. The first-order valence-electron chi connectivity index (χ1n) is 4.32. The van der Waals surface area contributed by atoms with E-state index in [1.807, 2.05) is 36.4 Å². The van der Waals surface area contributed by atoms with E-state index < -0.39 is 0 Å². The highest BCUT2D eigenvalue weighted by molar-refractivity contribution is 5.99. The zero-order chi connectivity index (χ0) is 9.97. The van der Waals surface area contributed by atoms with Crippen LogP contribution in [0, 0.1) is 0 Å². The van der Waals surface area contributed by atoms with E-state index in [0.29, 0.717) is 0 Å². The number of hydrogen-bond donors (Lipinski definition) is 4. The van der Waals surface area contributed by atoms with Gasteiger partial charge in [0, 0.05) is 5.39 Å². The molecule has 0 fully saturated rings. The van der Waals surface area contributed by atoms with Crippen LogP contribution in [0.5, 0.6) is 0 Å². The van der Waals surface area contributed by atoms with Crippen molar-refractivity contribution >= 4 is 22.1 Å². The minimum Gasteiger partial charge on any atom is -0.322 e. The summed E-state index contributed by atoms with van der Waals surface area (Å²) in [5.74, 6) is 10.8. The quantitative estimate of drug-likeness (QED) is 0.424. The molecule has 0 radical (unpaired) electrons. The lowest BCUT2D eigenvalue weighted by molar-refractivity contribution is 1.31. The van der Waals surface area contributed by atoms with Gasteiger partial charge in [-0.3, -0.25) is 11.7 Å². The molecule has 0 saturated carbocycles. The summed E-state index contributed by atoms with van der Waals surface area (Å²) in [5, 5.41) is 2.17. The van der Waals surface area contributed by atoms with Crippen LogP contribution in [0.4, 0.5) is 11.4 Å². The maximum Gasteiger partial charge on any atom is 0.0810 e. The van der Waals surface area contributed by atoms with Gasteiger partial charge >= 0.3 is 0 Å². The maximum absolute atomic E-state index is 5.45. The van der Waals surface area contributed by atoms with Gasteiger partial charge in [-0.05, 0) is 11.5 Å². The summed E-state index contributed by atoms with van der Waals surface area (Å²) in [5.41, 5.74) is 6.84. The third kappa shape index (κ3) is 1.26. The van der Waals surface area contributed by atoms with Crippen molar-refractivity contribution in [1.82, 2.24) is 0 Å². The number of hydrazine groups is 2. The Morgan fingerprint density at radius 2 is 1.64 bits per heavy atom. The minimum absolute atomic E-state index is 0.784. The SMILES string of the molecule is NNc1ccc2ccccc2c1NN. The molecule has 0 aliphatic carbocycles. The van der Waals surface area contributed by atoms with E-state index in [4.69, 9.17) is 11.7 Å². The molecular formula is C10H12N4. The van der Waals surface area contributed by atoms with Gasteiger partial charge in [-0.15, -0.1) is 0 Å². The van der Waals surface area contributed by atoms with Gasteiger partial charge in [-0.2, -0.15) is 0 Å². The number of fused-ring (bicyclic) bond motifs is 1. The van der Waals surface area contributed by atoms with Crippen LogP contribution in [0.3, 0.4) is 0 Å². The smallest absolute Gasteiger partial charge is 0.0810 e. The summed E-state index contributed by atoms with van der Waals surface area (Å²) >= 11 is 0. The summed E-state index contributed by atoms with van der Waals surface area (Å²) in [4.78, 5) is 0. The van der Waals surface area contributed by atoms with Crippen LogP contribution in [0.15, 0.2) is 36.4 Å². The fourth-order valence-corrected chi connectivity index (χ4v) is 1.55. The predicted octanol–water partition coefficient (Wildman–Crippen LogP) is 1.41. The lowest BCUT2D eigenvalue weighted by Crippen LogP contribution is -2.14. The zero-order valence-corrected chi connectivity index (χ0v) is 7.62. The van der Waals surface area contributed by atoms with Crippen LogP contribution < -0.4 is 22.5 Å². The topological polar surface area (TPSA) is 76.1 Å². The Bertz CT molecular complexity index is 453. The third-order valence-corrected chi connectivity index (χ3v) is 2.23. The molecule has 0 bridgehead atoms. The maximum atomic E-state index is 5.45. The summed E-state index contributed by atoms with van der Waals surface area (Å²) in [6, 6.07) is 11.8. The lowest BCUT2D eigenvalue weighted by atomic mass is 10.1. The third-order valence-electron chi connectivity index (χ3n) is 2.23. The molecule has 0 atom stereocenters. The Morgan fingerprint density at radius 3 is 2.36 bits per heavy atom. The van der Waals surface area contributed by atoms with E-state index in [0.717, 1.165) is 22.1 Å². The fourth-order valence-electron chi connectivity index (χ4n) is 1.55. The molecule has 0 amide bonds. The largest absolute Gasteiger partial charge is 0.322 e. The molecule has 0 aliphatic heterocycles. The Morgan fingerprint density at radius 1 is 0.857 bits per heavy atom. The summed E-state index contributed by atoms with van der Waals surface area (Å²) in [6.07, 6.45) is 0. The Hall–Kier alpha value is -1.78. The highest BCUT2D eigenvalue weighted by Crippen LogP contribution is 2.29. The Labute approximate surface area is 81.8 Å². The summed E-state index contributed by atoms with van der Waals surface area (Å²) < 4.78 is 0. The van der Waals surface area contributed by atoms with Crippen molar-refractivity contribution in [3.05, 3.63) is 36.4 Å². The zero-order valence-electron chi connectivity index (χ0n) is 7.62. The van der Waals surface area contributed by atoms with E-state index in [1.165, 1.54) is 0 Å². The Kier molecular flexibility index (Phi) is 2.22. The summed E-state index contributed by atoms with van der Waals surface area (Å²) in [6.45, 7) is 0. The second-order valence-corrected chi connectivity index (χ2v) is 3.00. The standard InChI is InChI=1S/C10H12N4/c11-13-9-6-5-7-3-1-2-4-8(7)10(9)14-12/h1-6,13-14H,11-12H2. The molecular weight excluding hydrogens is 176 g/mol. The molecule has 0 aliphatic rings. The highest BCUT2D eigenvalue weighted by atomic mass is 15.3. The fraction of sp³-hybridized carbons (Fsp3) is 0. The van der Waals surface area contributed by atoms with E-state index in [1.54, 1.807) is 0 Å². The first-order chi connectivity index (χ1) is 6.86. The van der Waals surface area contributed by atoms with E-state index >= 15 is 0 Å². The lowest BCUT2D eigenvalue weighted by Gasteiger charge is -2.11. The van der Waals surface area contributed by atoms with Gasteiger partial charge in [0.1, 0.15) is 0 Å². The minimum atomic E-state index is 0.784. The number of nitrogens with two attached hydrogens (primary N) is 2. The Balaban J connectivity index is 2.77. The average molecular weight is 188 g/mol. The van der Waals surface area contributed by atoms with Gasteiger partial charge in [-0.25, -0.2) is 0 Å². The second-order valence-electron chi connectivity index (χ2n) is 3.00. The molecule has 2 rings (SSSR count). The van der Waals surface area contributed by atoms with Crippen LogP contribution in [0.25, 0.3) is 10.8 Å². The molecule has 0 heterocycles. The molecule has 0 saturated heterocycles. The van der Waals surface area contributed by atoms with Gasteiger partial charge in [-0.1, -0.05) is 30.3 Å². The number of anilines is 2. The van der Waals surface area contributed by atoms with E-state index in [2.05, 4.69) is 10.9 Å². The second kappa shape index (κ2) is 3.53. The van der Waals surface area contributed by atoms with Crippen LogP contribution in [0.2, 0.25) is 0 Å². The molecule has 14 heavy (non-hydrogen) atoms. The van der Waals surface area contributed by atoms with Crippen molar-refractivity contribution in [3.63, 3.8) is 0 Å². The summed E-state index contributed by atoms with van der Waals surface area (Å²) in [7, 11) is 0. The van der Waals surface area contributed by atoms with Gasteiger partial charge in [0.15, 0.2) is 0 Å². The number of hydrogen-bond acceptors (Lipinski definition) is 4.